The van der Waals surface area contributed by atoms with Crippen LogP contribution in [0.3, 0.4) is 0 Å². The van der Waals surface area contributed by atoms with Crippen molar-refractivity contribution in [1.82, 2.24) is 0 Å². The first kappa shape index (κ1) is 13.9. The predicted molar refractivity (Wildman–Crippen MR) is 86.8 cm³/mol. The van der Waals surface area contributed by atoms with Gasteiger partial charge >= 0.3 is 0 Å². The molecule has 2 aromatic rings. The zero-order chi connectivity index (χ0) is 15.0. The Bertz CT molecular complexity index is 680. The smallest absolute Gasteiger partial charge is 0.299 e. The van der Waals surface area contributed by atoms with Crippen molar-refractivity contribution in [3.05, 3.63) is 59.7 Å². The van der Waals surface area contributed by atoms with Gasteiger partial charge in [-0.15, -0.1) is 0 Å². The fraction of sp³-hybridized carbons (Fsp3) is 0.316. The fourth-order valence-corrected chi connectivity index (χ4v) is 2.75. The molecule has 0 aromatic heterocycles. The van der Waals surface area contributed by atoms with Gasteiger partial charge in [-0.1, -0.05) is 51.1 Å². The Kier molecular flexibility index (Phi) is 3.32. The molecule has 0 aliphatic carbocycles. The molecule has 2 heteroatoms. The van der Waals surface area contributed by atoms with Crippen LogP contribution in [0, 0.1) is 0 Å². The highest BCUT2D eigenvalue weighted by Gasteiger charge is 2.30. The molecule has 0 saturated carbocycles. The number of ether oxygens (including phenoxy) is 1. The Morgan fingerprint density at radius 2 is 1.67 bits per heavy atom. The second-order valence-corrected chi connectivity index (χ2v) is 6.56. The van der Waals surface area contributed by atoms with Gasteiger partial charge in [0.05, 0.1) is 5.56 Å². The molecule has 1 heterocycles. The highest BCUT2D eigenvalue weighted by molar-refractivity contribution is 5.82. The molecule has 1 aliphatic rings. The predicted octanol–water partition coefficient (Wildman–Crippen LogP) is 4.49. The SMILES string of the molecule is CC1Oc2c(cccc2C(C)(C)C)C=[N+]1c1ccccc1. The Balaban J connectivity index is 2.13. The summed E-state index contributed by atoms with van der Waals surface area (Å²) < 4.78 is 8.43. The molecule has 3 rings (SSSR count). The molecule has 21 heavy (non-hydrogen) atoms. The average molecular weight is 280 g/mol. The quantitative estimate of drug-likeness (QED) is 0.701. The minimum Gasteiger partial charge on any atom is -0.433 e. The van der Waals surface area contributed by atoms with Crippen molar-refractivity contribution in [2.24, 2.45) is 0 Å². The van der Waals surface area contributed by atoms with E-state index in [0.717, 1.165) is 17.0 Å². The largest absolute Gasteiger partial charge is 0.433 e. The third-order valence-electron chi connectivity index (χ3n) is 3.87. The molecule has 108 valence electrons. The summed E-state index contributed by atoms with van der Waals surface area (Å²) in [4.78, 5) is 0. The maximum atomic E-state index is 6.25. The molecule has 1 atom stereocenters. The van der Waals surface area contributed by atoms with Crippen LogP contribution >= 0.6 is 0 Å². The lowest BCUT2D eigenvalue weighted by atomic mass is 9.85. The van der Waals surface area contributed by atoms with E-state index in [1.165, 1.54) is 5.56 Å². The Morgan fingerprint density at radius 1 is 0.952 bits per heavy atom. The van der Waals surface area contributed by atoms with Crippen LogP contribution in [0.2, 0.25) is 0 Å². The van der Waals surface area contributed by atoms with Crippen molar-refractivity contribution < 1.29 is 9.31 Å². The highest BCUT2D eigenvalue weighted by Crippen LogP contribution is 2.36. The number of fused-ring (bicyclic) bond motifs is 1. The van der Waals surface area contributed by atoms with Crippen LogP contribution in [-0.2, 0) is 5.41 Å². The lowest BCUT2D eigenvalue weighted by Crippen LogP contribution is -2.32. The monoisotopic (exact) mass is 280 g/mol. The summed E-state index contributed by atoms with van der Waals surface area (Å²) in [6.45, 7) is 8.76. The van der Waals surface area contributed by atoms with E-state index in [9.17, 15) is 0 Å². The van der Waals surface area contributed by atoms with Gasteiger partial charge in [0.25, 0.3) is 6.23 Å². The molecule has 2 nitrogen and oxygen atoms in total. The van der Waals surface area contributed by atoms with Gasteiger partial charge in [0.15, 0.2) is 6.21 Å². The van der Waals surface area contributed by atoms with Crippen molar-refractivity contribution in [2.45, 2.75) is 39.3 Å². The summed E-state index contributed by atoms with van der Waals surface area (Å²) in [5.74, 6) is 1.02. The maximum Gasteiger partial charge on any atom is 0.299 e. The van der Waals surface area contributed by atoms with Crippen LogP contribution in [0.4, 0.5) is 5.69 Å². The lowest BCUT2D eigenvalue weighted by molar-refractivity contribution is -0.522. The van der Waals surface area contributed by atoms with E-state index in [1.54, 1.807) is 0 Å². The number of nitrogens with zero attached hydrogens (tertiary/aromatic N) is 1. The Hall–Kier alpha value is -2.09. The number of hydrogen-bond acceptors (Lipinski definition) is 1. The summed E-state index contributed by atoms with van der Waals surface area (Å²) in [5.41, 5.74) is 3.63. The van der Waals surface area contributed by atoms with Crippen molar-refractivity contribution in [1.29, 1.82) is 0 Å². The minimum absolute atomic E-state index is 0.0107. The first-order valence-electron chi connectivity index (χ1n) is 7.45. The third kappa shape index (κ3) is 2.58. The summed E-state index contributed by atoms with van der Waals surface area (Å²) in [5, 5.41) is 0. The molecule has 1 aliphatic heterocycles. The van der Waals surface area contributed by atoms with Gasteiger partial charge in [-0.05, 0) is 11.5 Å². The van der Waals surface area contributed by atoms with Crippen LogP contribution in [0.25, 0.3) is 0 Å². The maximum absolute atomic E-state index is 6.25. The molecule has 1 unspecified atom stereocenters. The molecule has 2 aromatic carbocycles. The van der Waals surface area contributed by atoms with Crippen LogP contribution < -0.4 is 4.74 Å². The van der Waals surface area contributed by atoms with E-state index in [1.807, 2.05) is 6.07 Å². The summed E-state index contributed by atoms with van der Waals surface area (Å²) in [7, 11) is 0. The zero-order valence-corrected chi connectivity index (χ0v) is 13.1. The number of para-hydroxylation sites is 2. The van der Waals surface area contributed by atoms with Gasteiger partial charge in [-0.2, -0.15) is 4.58 Å². The third-order valence-corrected chi connectivity index (χ3v) is 3.87. The van der Waals surface area contributed by atoms with E-state index in [2.05, 4.69) is 80.9 Å². The molecule has 0 bridgehead atoms. The first-order chi connectivity index (χ1) is 9.97. The highest BCUT2D eigenvalue weighted by atomic mass is 16.5. The summed E-state index contributed by atoms with van der Waals surface area (Å²) in [6, 6.07) is 16.7. The second kappa shape index (κ2) is 5.03. The van der Waals surface area contributed by atoms with Crippen molar-refractivity contribution in [2.75, 3.05) is 0 Å². The van der Waals surface area contributed by atoms with Crippen molar-refractivity contribution in [3.63, 3.8) is 0 Å². The van der Waals surface area contributed by atoms with Gasteiger partial charge in [-0.25, -0.2) is 0 Å². The van der Waals surface area contributed by atoms with Crippen LogP contribution in [0.1, 0.15) is 38.8 Å². The molecular formula is C19H22NO+. The normalized spacial score (nSPS) is 17.7. The van der Waals surface area contributed by atoms with E-state index < -0.39 is 0 Å². The lowest BCUT2D eigenvalue weighted by Gasteiger charge is -2.27. The molecule has 0 radical (unpaired) electrons. The Morgan fingerprint density at radius 3 is 2.33 bits per heavy atom. The summed E-state index contributed by atoms with van der Waals surface area (Å²) in [6.07, 6.45) is 2.18. The molecular weight excluding hydrogens is 258 g/mol. The molecule has 0 amide bonds. The van der Waals surface area contributed by atoms with E-state index in [4.69, 9.17) is 4.74 Å². The number of hydrogen-bond donors (Lipinski definition) is 0. The van der Waals surface area contributed by atoms with Crippen molar-refractivity contribution in [3.8, 4) is 5.75 Å². The van der Waals surface area contributed by atoms with Crippen LogP contribution in [0.15, 0.2) is 48.5 Å². The second-order valence-electron chi connectivity index (χ2n) is 6.56. The topological polar surface area (TPSA) is 12.2 Å². The van der Waals surface area contributed by atoms with E-state index in [-0.39, 0.29) is 11.6 Å². The van der Waals surface area contributed by atoms with E-state index >= 15 is 0 Å². The molecule has 0 saturated heterocycles. The van der Waals surface area contributed by atoms with Crippen LogP contribution in [-0.4, -0.2) is 17.0 Å². The van der Waals surface area contributed by atoms with Crippen molar-refractivity contribution >= 4 is 11.9 Å². The van der Waals surface area contributed by atoms with Gasteiger partial charge in [0, 0.05) is 24.6 Å². The van der Waals surface area contributed by atoms with E-state index in [0.29, 0.717) is 0 Å². The molecule has 0 spiro atoms. The average Bonchev–Trinajstić information content (AvgIpc) is 2.46. The number of rotatable bonds is 1. The number of benzene rings is 2. The molecule has 0 fully saturated rings. The van der Waals surface area contributed by atoms with Gasteiger partial charge < -0.3 is 4.74 Å². The van der Waals surface area contributed by atoms with Gasteiger partial charge in [-0.3, -0.25) is 0 Å². The Labute approximate surface area is 126 Å². The standard InChI is InChI=1S/C19H22NO/c1-14-20(16-10-6-5-7-11-16)13-15-9-8-12-17(18(15)21-14)19(2,3)4/h5-14H,1-4H3/q+1. The fourth-order valence-electron chi connectivity index (χ4n) is 2.75. The van der Waals surface area contributed by atoms with Crippen LogP contribution in [0.5, 0.6) is 5.75 Å². The van der Waals surface area contributed by atoms with Gasteiger partial charge in [0.1, 0.15) is 5.75 Å². The molecule has 0 N–H and O–H groups in total. The minimum atomic E-state index is -0.0107. The first-order valence-corrected chi connectivity index (χ1v) is 7.45. The van der Waals surface area contributed by atoms with Gasteiger partial charge in [0.2, 0.25) is 5.69 Å². The summed E-state index contributed by atoms with van der Waals surface area (Å²) >= 11 is 0. The zero-order valence-electron chi connectivity index (χ0n) is 13.1.